The monoisotopic (exact) mass is 268 g/mol. The van der Waals surface area contributed by atoms with Gasteiger partial charge in [-0.15, -0.1) is 11.3 Å². The Labute approximate surface area is 116 Å². The van der Waals surface area contributed by atoms with E-state index in [0.717, 1.165) is 26.2 Å². The molecule has 3 heteroatoms. The van der Waals surface area contributed by atoms with E-state index in [4.69, 9.17) is 5.73 Å². The van der Waals surface area contributed by atoms with Crippen LogP contribution in [0.4, 0.5) is 0 Å². The van der Waals surface area contributed by atoms with Crippen LogP contribution in [0.25, 0.3) is 0 Å². The highest BCUT2D eigenvalue weighted by Crippen LogP contribution is 2.24. The van der Waals surface area contributed by atoms with Crippen molar-refractivity contribution in [1.82, 2.24) is 4.90 Å². The molecule has 0 fully saturated rings. The molecule has 0 aliphatic rings. The lowest BCUT2D eigenvalue weighted by Gasteiger charge is -2.31. The third-order valence-corrected chi connectivity index (χ3v) is 4.29. The Hall–Kier alpha value is -0.380. The zero-order valence-corrected chi connectivity index (χ0v) is 13.4. The topological polar surface area (TPSA) is 29.3 Å². The van der Waals surface area contributed by atoms with Crippen molar-refractivity contribution in [2.75, 3.05) is 19.6 Å². The van der Waals surface area contributed by atoms with Gasteiger partial charge in [0.2, 0.25) is 0 Å². The van der Waals surface area contributed by atoms with Gasteiger partial charge < -0.3 is 5.73 Å². The quantitative estimate of drug-likeness (QED) is 0.819. The van der Waals surface area contributed by atoms with Crippen molar-refractivity contribution >= 4 is 11.3 Å². The van der Waals surface area contributed by atoms with Gasteiger partial charge in [-0.05, 0) is 50.4 Å². The number of hydrogen-bond donors (Lipinski definition) is 1. The maximum absolute atomic E-state index is 5.85. The fourth-order valence-corrected chi connectivity index (χ4v) is 3.22. The molecule has 0 atom stereocenters. The molecule has 0 radical (unpaired) electrons. The van der Waals surface area contributed by atoms with Gasteiger partial charge >= 0.3 is 0 Å². The van der Waals surface area contributed by atoms with E-state index in [9.17, 15) is 0 Å². The Morgan fingerprint density at radius 1 is 1.33 bits per heavy atom. The van der Waals surface area contributed by atoms with Crippen LogP contribution in [0.15, 0.2) is 6.07 Å². The van der Waals surface area contributed by atoms with E-state index in [1.807, 2.05) is 11.3 Å². The van der Waals surface area contributed by atoms with Crippen LogP contribution >= 0.6 is 11.3 Å². The van der Waals surface area contributed by atoms with Crippen molar-refractivity contribution in [3.63, 3.8) is 0 Å². The fourth-order valence-electron chi connectivity index (χ4n) is 2.28. The SMILES string of the molecule is CCCN(Cc1cc(C)sc1C)CC(C)(C)CN. The maximum Gasteiger partial charge on any atom is 0.0244 e. The summed E-state index contributed by atoms with van der Waals surface area (Å²) < 4.78 is 0. The van der Waals surface area contributed by atoms with Crippen molar-refractivity contribution in [2.24, 2.45) is 11.1 Å². The fraction of sp³-hybridized carbons (Fsp3) is 0.733. The molecule has 104 valence electrons. The van der Waals surface area contributed by atoms with Gasteiger partial charge in [0.25, 0.3) is 0 Å². The van der Waals surface area contributed by atoms with Crippen molar-refractivity contribution in [3.05, 3.63) is 21.4 Å². The third-order valence-electron chi connectivity index (χ3n) is 3.28. The Kier molecular flexibility index (Phi) is 5.83. The molecular formula is C15H28N2S. The molecule has 1 rings (SSSR count). The minimum atomic E-state index is 0.203. The second kappa shape index (κ2) is 6.69. The molecule has 1 aromatic rings. The molecule has 1 heterocycles. The molecule has 0 spiro atoms. The Balaban J connectivity index is 2.71. The van der Waals surface area contributed by atoms with Gasteiger partial charge in [-0.1, -0.05) is 20.8 Å². The first kappa shape index (κ1) is 15.7. The van der Waals surface area contributed by atoms with Crippen LogP contribution in [0.1, 0.15) is 42.5 Å². The first-order valence-electron chi connectivity index (χ1n) is 6.86. The summed E-state index contributed by atoms with van der Waals surface area (Å²) in [5.41, 5.74) is 7.54. The smallest absolute Gasteiger partial charge is 0.0244 e. The van der Waals surface area contributed by atoms with Gasteiger partial charge in [0.1, 0.15) is 0 Å². The Morgan fingerprint density at radius 3 is 2.44 bits per heavy atom. The zero-order chi connectivity index (χ0) is 13.8. The predicted molar refractivity (Wildman–Crippen MR) is 82.2 cm³/mol. The molecule has 1 aromatic heterocycles. The number of hydrogen-bond acceptors (Lipinski definition) is 3. The average molecular weight is 268 g/mol. The molecule has 0 aliphatic heterocycles. The summed E-state index contributed by atoms with van der Waals surface area (Å²) in [4.78, 5) is 5.41. The third kappa shape index (κ3) is 4.71. The van der Waals surface area contributed by atoms with E-state index in [-0.39, 0.29) is 5.41 Å². The maximum atomic E-state index is 5.85. The van der Waals surface area contributed by atoms with E-state index in [0.29, 0.717) is 0 Å². The number of rotatable bonds is 7. The lowest BCUT2D eigenvalue weighted by Crippen LogP contribution is -2.38. The molecule has 0 aliphatic carbocycles. The molecule has 0 amide bonds. The Bertz CT molecular complexity index is 369. The molecular weight excluding hydrogens is 240 g/mol. The van der Waals surface area contributed by atoms with Gasteiger partial charge in [0.05, 0.1) is 0 Å². The van der Waals surface area contributed by atoms with E-state index < -0.39 is 0 Å². The molecule has 0 aromatic carbocycles. The van der Waals surface area contributed by atoms with E-state index in [1.54, 1.807) is 0 Å². The number of thiophene rings is 1. The average Bonchev–Trinajstić information content (AvgIpc) is 2.57. The van der Waals surface area contributed by atoms with Crippen LogP contribution in [0.3, 0.4) is 0 Å². The molecule has 0 bridgehead atoms. The van der Waals surface area contributed by atoms with Crippen molar-refractivity contribution in [2.45, 2.75) is 47.6 Å². The molecule has 0 unspecified atom stereocenters. The molecule has 0 saturated heterocycles. The van der Waals surface area contributed by atoms with E-state index >= 15 is 0 Å². The van der Waals surface area contributed by atoms with Gasteiger partial charge in [0.15, 0.2) is 0 Å². The van der Waals surface area contributed by atoms with Crippen molar-refractivity contribution in [3.8, 4) is 0 Å². The van der Waals surface area contributed by atoms with Crippen molar-refractivity contribution in [1.29, 1.82) is 0 Å². The highest BCUT2D eigenvalue weighted by Gasteiger charge is 2.20. The van der Waals surface area contributed by atoms with Crippen LogP contribution in [-0.2, 0) is 6.54 Å². The summed E-state index contributed by atoms with van der Waals surface area (Å²) in [6, 6.07) is 2.33. The first-order chi connectivity index (χ1) is 8.38. The standard InChI is InChI=1S/C15H28N2S/c1-6-7-17(11-15(4,5)10-16)9-14-8-12(2)18-13(14)3/h8H,6-7,9-11,16H2,1-5H3. The van der Waals surface area contributed by atoms with Crippen LogP contribution in [0.5, 0.6) is 0 Å². The highest BCUT2D eigenvalue weighted by molar-refractivity contribution is 7.12. The van der Waals surface area contributed by atoms with Crippen LogP contribution in [0, 0.1) is 19.3 Å². The molecule has 2 N–H and O–H groups in total. The summed E-state index contributed by atoms with van der Waals surface area (Å²) in [7, 11) is 0. The van der Waals surface area contributed by atoms with Crippen LogP contribution < -0.4 is 5.73 Å². The summed E-state index contributed by atoms with van der Waals surface area (Å²) >= 11 is 1.90. The van der Waals surface area contributed by atoms with Crippen LogP contribution in [0.2, 0.25) is 0 Å². The molecule has 18 heavy (non-hydrogen) atoms. The second-order valence-electron chi connectivity index (χ2n) is 6.02. The summed E-state index contributed by atoms with van der Waals surface area (Å²) in [5, 5.41) is 0. The highest BCUT2D eigenvalue weighted by atomic mass is 32.1. The minimum Gasteiger partial charge on any atom is -0.330 e. The van der Waals surface area contributed by atoms with E-state index in [1.165, 1.54) is 21.7 Å². The van der Waals surface area contributed by atoms with Crippen molar-refractivity contribution < 1.29 is 0 Å². The normalized spacial score (nSPS) is 12.4. The first-order valence-corrected chi connectivity index (χ1v) is 7.68. The summed E-state index contributed by atoms with van der Waals surface area (Å²) in [6.07, 6.45) is 1.20. The van der Waals surface area contributed by atoms with Gasteiger partial charge in [0, 0.05) is 22.8 Å². The minimum absolute atomic E-state index is 0.203. The van der Waals surface area contributed by atoms with Gasteiger partial charge in [-0.25, -0.2) is 0 Å². The second-order valence-corrected chi connectivity index (χ2v) is 7.48. The lowest BCUT2D eigenvalue weighted by atomic mass is 9.93. The molecule has 0 saturated carbocycles. The zero-order valence-electron chi connectivity index (χ0n) is 12.5. The van der Waals surface area contributed by atoms with Gasteiger partial charge in [-0.2, -0.15) is 0 Å². The molecule has 2 nitrogen and oxygen atoms in total. The summed E-state index contributed by atoms with van der Waals surface area (Å²) in [5.74, 6) is 0. The predicted octanol–water partition coefficient (Wildman–Crippen LogP) is 3.56. The van der Waals surface area contributed by atoms with Gasteiger partial charge in [-0.3, -0.25) is 4.90 Å². The Morgan fingerprint density at radius 2 is 2.00 bits per heavy atom. The van der Waals surface area contributed by atoms with E-state index in [2.05, 4.69) is 45.6 Å². The van der Waals surface area contributed by atoms with Crippen LogP contribution in [-0.4, -0.2) is 24.5 Å². The summed E-state index contributed by atoms with van der Waals surface area (Å²) in [6.45, 7) is 15.2. The number of aryl methyl sites for hydroxylation is 2. The number of nitrogens with two attached hydrogens (primary N) is 1. The largest absolute Gasteiger partial charge is 0.330 e. The number of nitrogens with zero attached hydrogens (tertiary/aromatic N) is 1. The lowest BCUT2D eigenvalue weighted by molar-refractivity contribution is 0.176.